The van der Waals surface area contributed by atoms with Crippen LogP contribution in [-0.2, 0) is 19.1 Å². The molecule has 0 aliphatic rings. The Balaban J connectivity index is 2.19. The molecule has 0 spiro atoms. The fourth-order valence-electron chi connectivity index (χ4n) is 2.60. The van der Waals surface area contributed by atoms with Crippen molar-refractivity contribution >= 4 is 46.9 Å². The molecule has 2 atom stereocenters. The number of carbonyl (C=O) groups excluding carboxylic acids is 2. The molecule has 0 aliphatic heterocycles. The van der Waals surface area contributed by atoms with Gasteiger partial charge in [-0.05, 0) is 30.3 Å². The van der Waals surface area contributed by atoms with E-state index in [1.165, 1.54) is 32.4 Å². The molecule has 2 unspecified atom stereocenters. The molecular formula is C20H21ClN4O6. The first-order valence-electron chi connectivity index (χ1n) is 9.08. The Hall–Kier alpha value is -3.21. The normalized spacial score (nSPS) is 13.0. The SMILES string of the molecule is COC(C=O)CN(CC(C=O)OC)c1ccc(N=Nc2ccc([N+](=O)[O-])cc2Cl)cc1. The molecule has 2 aromatic rings. The molecule has 0 radical (unpaired) electrons. The summed E-state index contributed by atoms with van der Waals surface area (Å²) in [7, 11) is 2.86. The zero-order valence-corrected chi connectivity index (χ0v) is 17.6. The number of halogens is 1. The lowest BCUT2D eigenvalue weighted by molar-refractivity contribution is -0.384. The molecule has 0 aromatic heterocycles. The Morgan fingerprint density at radius 2 is 1.61 bits per heavy atom. The van der Waals surface area contributed by atoms with Gasteiger partial charge in [0.2, 0.25) is 0 Å². The molecule has 0 aliphatic carbocycles. The standard InChI is InChI=1S/C20H21ClN4O6/c1-30-17(12-26)10-24(11-18(13-27)31-2)15-5-3-14(4-6-15)22-23-20-8-7-16(25(28)29)9-19(20)21/h3-9,12-13,17-18H,10-11H2,1-2H3. The number of methoxy groups -OCH3 is 2. The lowest BCUT2D eigenvalue weighted by atomic mass is 10.2. The second-order valence-corrected chi connectivity index (χ2v) is 6.74. The highest BCUT2D eigenvalue weighted by Gasteiger charge is 2.18. The summed E-state index contributed by atoms with van der Waals surface area (Å²) < 4.78 is 10.2. The largest absolute Gasteiger partial charge is 0.372 e. The van der Waals surface area contributed by atoms with E-state index in [4.69, 9.17) is 21.1 Å². The van der Waals surface area contributed by atoms with E-state index in [1.54, 1.807) is 29.2 Å². The Kier molecular flexibility index (Phi) is 9.19. The van der Waals surface area contributed by atoms with Crippen molar-refractivity contribution < 1.29 is 24.0 Å². The van der Waals surface area contributed by atoms with E-state index >= 15 is 0 Å². The topological polar surface area (TPSA) is 124 Å². The molecule has 0 heterocycles. The second-order valence-electron chi connectivity index (χ2n) is 6.33. The van der Waals surface area contributed by atoms with Crippen LogP contribution in [0, 0.1) is 10.1 Å². The number of aldehydes is 2. The summed E-state index contributed by atoms with van der Waals surface area (Å²) in [4.78, 5) is 34.3. The van der Waals surface area contributed by atoms with Gasteiger partial charge in [0.25, 0.3) is 5.69 Å². The van der Waals surface area contributed by atoms with Crippen molar-refractivity contribution in [1.29, 1.82) is 0 Å². The Bertz CT molecular complexity index is 920. The van der Waals surface area contributed by atoms with E-state index < -0.39 is 17.1 Å². The fraction of sp³-hybridized carbons (Fsp3) is 0.300. The zero-order chi connectivity index (χ0) is 22.8. The van der Waals surface area contributed by atoms with Crippen molar-refractivity contribution in [3.8, 4) is 0 Å². The minimum Gasteiger partial charge on any atom is -0.372 e. The number of azo groups is 1. The van der Waals surface area contributed by atoms with Gasteiger partial charge in [0.1, 0.15) is 17.9 Å². The quantitative estimate of drug-likeness (QED) is 0.209. The number of non-ortho nitro benzene ring substituents is 1. The van der Waals surface area contributed by atoms with E-state index in [0.717, 1.165) is 5.69 Å². The lowest BCUT2D eigenvalue weighted by Crippen LogP contribution is -2.40. The van der Waals surface area contributed by atoms with Crippen LogP contribution >= 0.6 is 11.6 Å². The smallest absolute Gasteiger partial charge is 0.271 e. The predicted molar refractivity (Wildman–Crippen MR) is 115 cm³/mol. The number of benzene rings is 2. The van der Waals surface area contributed by atoms with Crippen LogP contribution in [0.2, 0.25) is 5.02 Å². The summed E-state index contributed by atoms with van der Waals surface area (Å²) in [5.74, 6) is 0. The van der Waals surface area contributed by atoms with Gasteiger partial charge in [-0.3, -0.25) is 10.1 Å². The number of carbonyl (C=O) groups is 2. The highest BCUT2D eigenvalue weighted by atomic mass is 35.5. The van der Waals surface area contributed by atoms with Gasteiger partial charge < -0.3 is 24.0 Å². The molecule has 0 bridgehead atoms. The zero-order valence-electron chi connectivity index (χ0n) is 16.9. The molecule has 0 saturated carbocycles. The summed E-state index contributed by atoms with van der Waals surface area (Å²) in [6, 6.07) is 10.8. The summed E-state index contributed by atoms with van der Waals surface area (Å²) in [6.45, 7) is 0.458. The third-order valence-electron chi connectivity index (χ3n) is 4.34. The van der Waals surface area contributed by atoms with Gasteiger partial charge in [0, 0.05) is 32.0 Å². The van der Waals surface area contributed by atoms with Crippen LogP contribution in [0.5, 0.6) is 0 Å². The number of hydrogen-bond acceptors (Lipinski definition) is 9. The summed E-state index contributed by atoms with van der Waals surface area (Å²) in [5, 5.41) is 19.0. The first kappa shape index (κ1) is 24.1. The fourth-order valence-corrected chi connectivity index (χ4v) is 2.81. The van der Waals surface area contributed by atoms with Crippen LogP contribution in [0.15, 0.2) is 52.7 Å². The maximum Gasteiger partial charge on any atom is 0.271 e. The summed E-state index contributed by atoms with van der Waals surface area (Å²) >= 11 is 6.01. The molecule has 2 aromatic carbocycles. The highest BCUT2D eigenvalue weighted by molar-refractivity contribution is 6.33. The van der Waals surface area contributed by atoms with Crippen LogP contribution < -0.4 is 4.90 Å². The van der Waals surface area contributed by atoms with E-state index in [9.17, 15) is 19.7 Å². The minimum atomic E-state index is -0.673. The third-order valence-corrected chi connectivity index (χ3v) is 4.64. The molecular weight excluding hydrogens is 428 g/mol. The van der Waals surface area contributed by atoms with Crippen molar-refractivity contribution in [3.63, 3.8) is 0 Å². The Morgan fingerprint density at radius 3 is 2.06 bits per heavy atom. The van der Waals surface area contributed by atoms with E-state index in [0.29, 0.717) is 23.9 Å². The average Bonchev–Trinajstić information content (AvgIpc) is 2.79. The molecule has 164 valence electrons. The van der Waals surface area contributed by atoms with Gasteiger partial charge in [-0.1, -0.05) is 11.6 Å². The van der Waals surface area contributed by atoms with Crippen molar-refractivity contribution in [3.05, 3.63) is 57.6 Å². The monoisotopic (exact) mass is 448 g/mol. The lowest BCUT2D eigenvalue weighted by Gasteiger charge is -2.28. The number of ether oxygens (including phenoxy) is 2. The van der Waals surface area contributed by atoms with Gasteiger partial charge in [-0.15, -0.1) is 5.11 Å². The van der Waals surface area contributed by atoms with Crippen molar-refractivity contribution in [2.24, 2.45) is 10.2 Å². The van der Waals surface area contributed by atoms with Crippen LogP contribution in [0.1, 0.15) is 0 Å². The third kappa shape index (κ3) is 6.92. The van der Waals surface area contributed by atoms with Gasteiger partial charge in [-0.25, -0.2) is 0 Å². The highest BCUT2D eigenvalue weighted by Crippen LogP contribution is 2.30. The number of rotatable bonds is 12. The van der Waals surface area contributed by atoms with Gasteiger partial charge in [0.15, 0.2) is 12.6 Å². The van der Waals surface area contributed by atoms with Crippen molar-refractivity contribution in [2.45, 2.75) is 12.2 Å². The Morgan fingerprint density at radius 1 is 1.03 bits per heavy atom. The summed E-state index contributed by atoms with van der Waals surface area (Å²) in [6.07, 6.45) is 0.0268. The molecule has 2 rings (SSSR count). The predicted octanol–water partition coefficient (Wildman–Crippen LogP) is 3.90. The maximum absolute atomic E-state index is 11.2. The van der Waals surface area contributed by atoms with E-state index in [2.05, 4.69) is 10.2 Å². The van der Waals surface area contributed by atoms with Crippen molar-refractivity contribution in [2.75, 3.05) is 32.2 Å². The molecule has 11 heteroatoms. The first-order valence-corrected chi connectivity index (χ1v) is 9.46. The molecule has 0 N–H and O–H groups in total. The molecule has 31 heavy (non-hydrogen) atoms. The number of nitrogens with zero attached hydrogens (tertiary/aromatic N) is 4. The van der Waals surface area contributed by atoms with Gasteiger partial charge in [-0.2, -0.15) is 5.11 Å². The molecule has 0 fully saturated rings. The average molecular weight is 449 g/mol. The van der Waals surface area contributed by atoms with Crippen LogP contribution in [0.25, 0.3) is 0 Å². The van der Waals surface area contributed by atoms with Gasteiger partial charge >= 0.3 is 0 Å². The first-order chi connectivity index (χ1) is 14.9. The van der Waals surface area contributed by atoms with E-state index in [-0.39, 0.29) is 23.8 Å². The summed E-state index contributed by atoms with van der Waals surface area (Å²) in [5.41, 5.74) is 1.39. The Labute approximate surface area is 183 Å². The van der Waals surface area contributed by atoms with Crippen LogP contribution in [-0.4, -0.2) is 57.0 Å². The number of nitro benzene ring substituents is 1. The minimum absolute atomic E-state index is 0.111. The number of nitro groups is 1. The van der Waals surface area contributed by atoms with E-state index in [1.807, 2.05) is 0 Å². The maximum atomic E-state index is 11.2. The second kappa shape index (κ2) is 11.8. The molecule has 10 nitrogen and oxygen atoms in total. The molecule has 0 saturated heterocycles. The van der Waals surface area contributed by atoms with Crippen LogP contribution in [0.4, 0.5) is 22.7 Å². The molecule has 0 amide bonds. The number of hydrogen-bond donors (Lipinski definition) is 0. The number of anilines is 1. The van der Waals surface area contributed by atoms with Crippen molar-refractivity contribution in [1.82, 2.24) is 0 Å². The van der Waals surface area contributed by atoms with Gasteiger partial charge in [0.05, 0.1) is 28.7 Å². The van der Waals surface area contributed by atoms with Crippen LogP contribution in [0.3, 0.4) is 0 Å².